The van der Waals surface area contributed by atoms with Gasteiger partial charge in [0, 0.05) is 11.8 Å². The number of ether oxygens (including phenoxy) is 1. The van der Waals surface area contributed by atoms with Crippen LogP contribution in [0.2, 0.25) is 0 Å². The fourth-order valence-electron chi connectivity index (χ4n) is 2.19. The molecule has 0 saturated carbocycles. The SMILES string of the molecule is COc1ccc(C(C)=CC(=O)NC2(C#N)CCSC2)cc1. The van der Waals surface area contributed by atoms with Crippen molar-refractivity contribution < 1.29 is 9.53 Å². The summed E-state index contributed by atoms with van der Waals surface area (Å²) in [5, 5.41) is 12.1. The molecular weight excluding hydrogens is 284 g/mol. The maximum absolute atomic E-state index is 12.1. The van der Waals surface area contributed by atoms with E-state index in [4.69, 9.17) is 4.74 Å². The highest BCUT2D eigenvalue weighted by atomic mass is 32.2. The van der Waals surface area contributed by atoms with Gasteiger partial charge in [0.05, 0.1) is 13.2 Å². The summed E-state index contributed by atoms with van der Waals surface area (Å²) in [4.78, 5) is 12.1. The average Bonchev–Trinajstić information content (AvgIpc) is 2.96. The number of benzene rings is 1. The van der Waals surface area contributed by atoms with E-state index in [0.29, 0.717) is 12.2 Å². The number of hydrogen-bond acceptors (Lipinski definition) is 4. The van der Waals surface area contributed by atoms with Crippen LogP contribution in [0, 0.1) is 11.3 Å². The van der Waals surface area contributed by atoms with E-state index < -0.39 is 5.54 Å². The first-order valence-electron chi connectivity index (χ1n) is 6.72. The number of methoxy groups -OCH3 is 1. The third-order valence-corrected chi connectivity index (χ3v) is 4.68. The number of nitrogens with zero attached hydrogens (tertiary/aromatic N) is 1. The number of carbonyl (C=O) groups excluding carboxylic acids is 1. The van der Waals surface area contributed by atoms with Gasteiger partial charge in [-0.3, -0.25) is 4.79 Å². The van der Waals surface area contributed by atoms with Gasteiger partial charge in [0.25, 0.3) is 0 Å². The molecule has 1 heterocycles. The molecule has 1 saturated heterocycles. The number of hydrogen-bond donors (Lipinski definition) is 1. The van der Waals surface area contributed by atoms with Crippen LogP contribution in [0.25, 0.3) is 5.57 Å². The molecule has 1 fully saturated rings. The minimum absolute atomic E-state index is 0.215. The van der Waals surface area contributed by atoms with Crippen LogP contribution in [0.5, 0.6) is 5.75 Å². The molecule has 1 aromatic rings. The number of thioether (sulfide) groups is 1. The molecule has 1 aromatic carbocycles. The lowest BCUT2D eigenvalue weighted by atomic mass is 10.0. The van der Waals surface area contributed by atoms with Crippen molar-refractivity contribution in [2.45, 2.75) is 18.9 Å². The van der Waals surface area contributed by atoms with E-state index in [1.165, 1.54) is 0 Å². The number of amides is 1. The Morgan fingerprint density at radius 3 is 2.71 bits per heavy atom. The van der Waals surface area contributed by atoms with Gasteiger partial charge >= 0.3 is 0 Å². The molecule has 1 aliphatic heterocycles. The second kappa shape index (κ2) is 6.68. The van der Waals surface area contributed by atoms with Crippen molar-refractivity contribution in [3.05, 3.63) is 35.9 Å². The number of nitrogens with one attached hydrogen (secondary N) is 1. The average molecular weight is 302 g/mol. The molecule has 1 atom stereocenters. The largest absolute Gasteiger partial charge is 0.497 e. The van der Waals surface area contributed by atoms with Gasteiger partial charge < -0.3 is 10.1 Å². The molecule has 0 aromatic heterocycles. The van der Waals surface area contributed by atoms with Crippen LogP contribution in [0.15, 0.2) is 30.3 Å². The van der Waals surface area contributed by atoms with Gasteiger partial charge in [0.15, 0.2) is 0 Å². The molecular formula is C16H18N2O2S. The zero-order valence-electron chi connectivity index (χ0n) is 12.2. The fourth-order valence-corrected chi connectivity index (χ4v) is 3.45. The topological polar surface area (TPSA) is 62.1 Å². The van der Waals surface area contributed by atoms with Crippen molar-refractivity contribution in [3.8, 4) is 11.8 Å². The normalized spacial score (nSPS) is 21.7. The molecule has 110 valence electrons. The Hall–Kier alpha value is -1.93. The van der Waals surface area contributed by atoms with E-state index >= 15 is 0 Å². The molecule has 1 amide bonds. The molecule has 0 bridgehead atoms. The van der Waals surface area contributed by atoms with Gasteiger partial charge in [-0.05, 0) is 42.4 Å². The highest BCUT2D eigenvalue weighted by molar-refractivity contribution is 7.99. The lowest BCUT2D eigenvalue weighted by Gasteiger charge is -2.20. The molecule has 2 rings (SSSR count). The van der Waals surface area contributed by atoms with Gasteiger partial charge in [-0.1, -0.05) is 12.1 Å². The van der Waals surface area contributed by atoms with Crippen molar-refractivity contribution in [1.29, 1.82) is 5.26 Å². The molecule has 1 aliphatic rings. The lowest BCUT2D eigenvalue weighted by Crippen LogP contribution is -2.46. The monoisotopic (exact) mass is 302 g/mol. The maximum atomic E-state index is 12.1. The molecule has 0 aliphatic carbocycles. The molecule has 5 heteroatoms. The van der Waals surface area contributed by atoms with E-state index in [1.54, 1.807) is 24.9 Å². The highest BCUT2D eigenvalue weighted by Gasteiger charge is 2.35. The van der Waals surface area contributed by atoms with Crippen molar-refractivity contribution in [2.75, 3.05) is 18.6 Å². The first kappa shape index (κ1) is 15.5. The van der Waals surface area contributed by atoms with Gasteiger partial charge in [-0.25, -0.2) is 0 Å². The summed E-state index contributed by atoms with van der Waals surface area (Å²) in [6, 6.07) is 9.76. The van der Waals surface area contributed by atoms with Gasteiger partial charge in [0.1, 0.15) is 11.3 Å². The van der Waals surface area contributed by atoms with Crippen molar-refractivity contribution in [3.63, 3.8) is 0 Å². The standard InChI is InChI=1S/C16H18N2O2S/c1-12(13-3-5-14(20-2)6-4-13)9-15(19)18-16(10-17)7-8-21-11-16/h3-6,9H,7-8,11H2,1-2H3,(H,18,19). The second-order valence-corrected chi connectivity index (χ2v) is 6.15. The van der Waals surface area contributed by atoms with Gasteiger partial charge in [0.2, 0.25) is 5.91 Å². The summed E-state index contributed by atoms with van der Waals surface area (Å²) in [5.74, 6) is 2.13. The minimum atomic E-state index is -0.710. The van der Waals surface area contributed by atoms with Crippen molar-refractivity contribution in [1.82, 2.24) is 5.32 Å². The predicted molar refractivity (Wildman–Crippen MR) is 85.1 cm³/mol. The van der Waals surface area contributed by atoms with E-state index in [1.807, 2.05) is 31.2 Å². The Balaban J connectivity index is 2.07. The van der Waals surface area contributed by atoms with E-state index in [0.717, 1.165) is 22.6 Å². The Bertz CT molecular complexity index is 581. The number of nitriles is 1. The lowest BCUT2D eigenvalue weighted by molar-refractivity contribution is -0.117. The zero-order chi connectivity index (χ0) is 15.3. The Labute approximate surface area is 129 Å². The molecule has 1 unspecified atom stereocenters. The Kier molecular flexibility index (Phi) is 4.92. The fraction of sp³-hybridized carbons (Fsp3) is 0.375. The third kappa shape index (κ3) is 3.79. The van der Waals surface area contributed by atoms with Crippen LogP contribution in [0.1, 0.15) is 18.9 Å². The number of rotatable bonds is 4. The number of allylic oxidation sites excluding steroid dienone is 1. The molecule has 0 radical (unpaired) electrons. The summed E-state index contributed by atoms with van der Waals surface area (Å²) in [6.45, 7) is 1.88. The molecule has 0 spiro atoms. The smallest absolute Gasteiger partial charge is 0.245 e. The summed E-state index contributed by atoms with van der Waals surface area (Å²) in [7, 11) is 1.62. The molecule has 4 nitrogen and oxygen atoms in total. The van der Waals surface area contributed by atoms with Gasteiger partial charge in [-0.15, -0.1) is 0 Å². The van der Waals surface area contributed by atoms with Crippen LogP contribution in [-0.2, 0) is 4.79 Å². The highest BCUT2D eigenvalue weighted by Crippen LogP contribution is 2.27. The maximum Gasteiger partial charge on any atom is 0.245 e. The second-order valence-electron chi connectivity index (χ2n) is 5.04. The summed E-state index contributed by atoms with van der Waals surface area (Å²) in [5.41, 5.74) is 1.10. The molecule has 21 heavy (non-hydrogen) atoms. The number of carbonyl (C=O) groups is 1. The van der Waals surface area contributed by atoms with E-state index in [2.05, 4.69) is 11.4 Å². The first-order valence-corrected chi connectivity index (χ1v) is 7.88. The van der Waals surface area contributed by atoms with Crippen LogP contribution in [0.4, 0.5) is 0 Å². The van der Waals surface area contributed by atoms with Crippen LogP contribution >= 0.6 is 11.8 Å². The Morgan fingerprint density at radius 1 is 1.48 bits per heavy atom. The quantitative estimate of drug-likeness (QED) is 0.869. The third-order valence-electron chi connectivity index (χ3n) is 3.49. The summed E-state index contributed by atoms with van der Waals surface area (Å²) < 4.78 is 5.11. The van der Waals surface area contributed by atoms with Gasteiger partial charge in [-0.2, -0.15) is 17.0 Å². The summed E-state index contributed by atoms with van der Waals surface area (Å²) in [6.07, 6.45) is 2.25. The zero-order valence-corrected chi connectivity index (χ0v) is 13.0. The molecule has 1 N–H and O–H groups in total. The van der Waals surface area contributed by atoms with E-state index in [9.17, 15) is 10.1 Å². The first-order chi connectivity index (χ1) is 10.1. The predicted octanol–water partition coefficient (Wildman–Crippen LogP) is 2.61. The van der Waals surface area contributed by atoms with Crippen molar-refractivity contribution in [2.24, 2.45) is 0 Å². The van der Waals surface area contributed by atoms with Crippen molar-refractivity contribution >= 4 is 23.2 Å². The Morgan fingerprint density at radius 2 is 2.19 bits per heavy atom. The van der Waals surface area contributed by atoms with Crippen LogP contribution in [0.3, 0.4) is 0 Å². The van der Waals surface area contributed by atoms with Crippen LogP contribution < -0.4 is 10.1 Å². The minimum Gasteiger partial charge on any atom is -0.497 e. The summed E-state index contributed by atoms with van der Waals surface area (Å²) >= 11 is 1.70. The van der Waals surface area contributed by atoms with E-state index in [-0.39, 0.29) is 5.91 Å². The van der Waals surface area contributed by atoms with Crippen LogP contribution in [-0.4, -0.2) is 30.1 Å².